The van der Waals surface area contributed by atoms with Crippen LogP contribution in [0.4, 0.5) is 18.9 Å². The smallest absolute Gasteiger partial charge is 0.330 e. The van der Waals surface area contributed by atoms with Gasteiger partial charge in [-0.2, -0.15) is 13.2 Å². The number of carbonyl (C=O) groups excluding carboxylic acids is 1. The predicted molar refractivity (Wildman–Crippen MR) is 88.8 cm³/mol. The zero-order valence-corrected chi connectivity index (χ0v) is 13.8. The van der Waals surface area contributed by atoms with Crippen LogP contribution in [-0.2, 0) is 11.2 Å². The summed E-state index contributed by atoms with van der Waals surface area (Å²) in [6.07, 6.45) is -0.965. The fourth-order valence-electron chi connectivity index (χ4n) is 2.10. The molecule has 0 radical (unpaired) electrons. The maximum Gasteiger partial charge on any atom is 0.389 e. The first-order valence-corrected chi connectivity index (χ1v) is 7.56. The molecular weight excluding hydrogens is 329 g/mol. The highest BCUT2D eigenvalue weighted by Crippen LogP contribution is 2.23. The molecule has 0 aromatic heterocycles. The van der Waals surface area contributed by atoms with E-state index in [1.54, 1.807) is 24.3 Å². The molecule has 0 fully saturated rings. The molecule has 1 rings (SSSR count). The zero-order chi connectivity index (χ0) is 16.4. The Labute approximate surface area is 141 Å². The van der Waals surface area contributed by atoms with Gasteiger partial charge in [0.2, 0.25) is 5.91 Å². The first kappa shape index (κ1) is 21.7. The Kier molecular flexibility index (Phi) is 10.7. The van der Waals surface area contributed by atoms with Crippen LogP contribution in [-0.4, -0.2) is 18.6 Å². The van der Waals surface area contributed by atoms with Crippen molar-refractivity contribution in [2.75, 3.05) is 11.9 Å². The minimum absolute atomic E-state index is 0. The Morgan fingerprint density at radius 3 is 2.48 bits per heavy atom. The van der Waals surface area contributed by atoms with E-state index in [9.17, 15) is 18.0 Å². The van der Waals surface area contributed by atoms with Crippen LogP contribution in [0, 0.1) is 0 Å². The van der Waals surface area contributed by atoms with Gasteiger partial charge in [0.15, 0.2) is 0 Å². The zero-order valence-electron chi connectivity index (χ0n) is 13.0. The highest BCUT2D eigenvalue weighted by molar-refractivity contribution is 5.90. The normalized spacial score (nSPS) is 11.0. The SMILES string of the molecule is Cl.NCCCCCCC(=O)Nc1cccc(CCC(F)(F)F)c1. The predicted octanol–water partition coefficient (Wildman–Crippen LogP) is 4.45. The Balaban J connectivity index is 0.00000484. The monoisotopic (exact) mass is 352 g/mol. The second-order valence-electron chi connectivity index (χ2n) is 5.32. The maximum atomic E-state index is 12.2. The van der Waals surface area contributed by atoms with Gasteiger partial charge in [0.1, 0.15) is 0 Å². The molecule has 0 saturated heterocycles. The van der Waals surface area contributed by atoms with Crippen molar-refractivity contribution in [3.05, 3.63) is 29.8 Å². The lowest BCUT2D eigenvalue weighted by atomic mass is 10.1. The molecule has 0 bridgehead atoms. The number of carbonyl (C=O) groups is 1. The molecule has 0 aliphatic heterocycles. The van der Waals surface area contributed by atoms with Crippen LogP contribution in [0.15, 0.2) is 24.3 Å². The van der Waals surface area contributed by atoms with E-state index in [0.29, 0.717) is 24.2 Å². The van der Waals surface area contributed by atoms with Crippen molar-refractivity contribution in [1.29, 1.82) is 0 Å². The van der Waals surface area contributed by atoms with Gasteiger partial charge in [-0.25, -0.2) is 0 Å². The number of anilines is 1. The van der Waals surface area contributed by atoms with Crippen LogP contribution in [0.2, 0.25) is 0 Å². The summed E-state index contributed by atoms with van der Waals surface area (Å²) in [4.78, 5) is 11.8. The van der Waals surface area contributed by atoms with Crippen molar-refractivity contribution >= 4 is 24.0 Å². The third kappa shape index (κ3) is 11.0. The highest BCUT2D eigenvalue weighted by Gasteiger charge is 2.26. The van der Waals surface area contributed by atoms with Crippen LogP contribution >= 0.6 is 12.4 Å². The van der Waals surface area contributed by atoms with Crippen LogP contribution in [0.25, 0.3) is 0 Å². The number of benzene rings is 1. The van der Waals surface area contributed by atoms with Gasteiger partial charge in [0, 0.05) is 18.5 Å². The molecule has 132 valence electrons. The molecule has 0 aliphatic rings. The lowest BCUT2D eigenvalue weighted by Gasteiger charge is -2.09. The van der Waals surface area contributed by atoms with Gasteiger partial charge in [0.05, 0.1) is 0 Å². The van der Waals surface area contributed by atoms with E-state index in [1.165, 1.54) is 0 Å². The number of amides is 1. The third-order valence-corrected chi connectivity index (χ3v) is 3.27. The van der Waals surface area contributed by atoms with E-state index in [2.05, 4.69) is 5.32 Å². The van der Waals surface area contributed by atoms with Crippen molar-refractivity contribution in [2.45, 2.75) is 51.1 Å². The summed E-state index contributed by atoms with van der Waals surface area (Å²) < 4.78 is 36.6. The van der Waals surface area contributed by atoms with Gasteiger partial charge < -0.3 is 11.1 Å². The summed E-state index contributed by atoms with van der Waals surface area (Å²) in [5.74, 6) is -0.110. The van der Waals surface area contributed by atoms with Gasteiger partial charge in [-0.3, -0.25) is 4.79 Å². The molecule has 1 aromatic rings. The number of nitrogens with two attached hydrogens (primary N) is 1. The van der Waals surface area contributed by atoms with E-state index in [-0.39, 0.29) is 24.7 Å². The fraction of sp³-hybridized carbons (Fsp3) is 0.562. The molecule has 3 N–H and O–H groups in total. The Bertz CT molecular complexity index is 467. The lowest BCUT2D eigenvalue weighted by Crippen LogP contribution is -2.12. The average Bonchev–Trinajstić information content (AvgIpc) is 2.44. The van der Waals surface area contributed by atoms with Gasteiger partial charge in [-0.1, -0.05) is 25.0 Å². The molecular formula is C16H24ClF3N2O. The van der Waals surface area contributed by atoms with Crippen molar-refractivity contribution in [2.24, 2.45) is 5.73 Å². The van der Waals surface area contributed by atoms with E-state index in [0.717, 1.165) is 25.7 Å². The molecule has 0 atom stereocenters. The number of aryl methyl sites for hydroxylation is 1. The molecule has 0 spiro atoms. The van der Waals surface area contributed by atoms with Gasteiger partial charge >= 0.3 is 6.18 Å². The quantitative estimate of drug-likeness (QED) is 0.645. The van der Waals surface area contributed by atoms with Crippen molar-refractivity contribution in [3.8, 4) is 0 Å². The molecule has 0 unspecified atom stereocenters. The number of rotatable bonds is 9. The summed E-state index contributed by atoms with van der Waals surface area (Å²) in [5, 5.41) is 2.73. The van der Waals surface area contributed by atoms with Crippen LogP contribution in [0.5, 0.6) is 0 Å². The standard InChI is InChI=1S/C16H23F3N2O.ClH/c17-16(18,19)10-9-13-6-5-7-14(12-13)21-15(22)8-3-1-2-4-11-20;/h5-7,12H,1-4,8-11,20H2,(H,21,22);1H. The second-order valence-corrected chi connectivity index (χ2v) is 5.32. The maximum absolute atomic E-state index is 12.2. The Morgan fingerprint density at radius 2 is 1.83 bits per heavy atom. The first-order chi connectivity index (χ1) is 10.4. The topological polar surface area (TPSA) is 55.1 Å². The molecule has 1 amide bonds. The fourth-order valence-corrected chi connectivity index (χ4v) is 2.10. The number of alkyl halides is 3. The minimum atomic E-state index is -4.16. The highest BCUT2D eigenvalue weighted by atomic mass is 35.5. The lowest BCUT2D eigenvalue weighted by molar-refractivity contribution is -0.134. The minimum Gasteiger partial charge on any atom is -0.330 e. The van der Waals surface area contributed by atoms with Crippen LogP contribution in [0.3, 0.4) is 0 Å². The number of unbranched alkanes of at least 4 members (excludes halogenated alkanes) is 3. The summed E-state index contributed by atoms with van der Waals surface area (Å²) in [6.45, 7) is 0.664. The van der Waals surface area contributed by atoms with Gasteiger partial charge in [-0.15, -0.1) is 12.4 Å². The Hall–Kier alpha value is -1.27. The summed E-state index contributed by atoms with van der Waals surface area (Å²) in [5.41, 5.74) is 6.50. The number of nitrogens with one attached hydrogen (secondary N) is 1. The third-order valence-electron chi connectivity index (χ3n) is 3.27. The molecule has 23 heavy (non-hydrogen) atoms. The largest absolute Gasteiger partial charge is 0.389 e. The van der Waals surface area contributed by atoms with Crippen molar-refractivity contribution < 1.29 is 18.0 Å². The average molecular weight is 353 g/mol. The van der Waals surface area contributed by atoms with Gasteiger partial charge in [-0.05, 0) is 43.5 Å². The van der Waals surface area contributed by atoms with E-state index in [1.807, 2.05) is 0 Å². The number of halogens is 4. The second kappa shape index (κ2) is 11.3. The van der Waals surface area contributed by atoms with Crippen LogP contribution in [0.1, 0.15) is 44.1 Å². The molecule has 7 heteroatoms. The molecule has 3 nitrogen and oxygen atoms in total. The molecule has 0 aliphatic carbocycles. The van der Waals surface area contributed by atoms with E-state index >= 15 is 0 Å². The van der Waals surface area contributed by atoms with E-state index < -0.39 is 12.6 Å². The van der Waals surface area contributed by atoms with Crippen LogP contribution < -0.4 is 11.1 Å². The Morgan fingerprint density at radius 1 is 1.13 bits per heavy atom. The van der Waals surface area contributed by atoms with Crippen molar-refractivity contribution in [1.82, 2.24) is 0 Å². The molecule has 0 heterocycles. The first-order valence-electron chi connectivity index (χ1n) is 7.56. The van der Waals surface area contributed by atoms with E-state index in [4.69, 9.17) is 5.73 Å². The molecule has 0 saturated carbocycles. The van der Waals surface area contributed by atoms with Crippen molar-refractivity contribution in [3.63, 3.8) is 0 Å². The van der Waals surface area contributed by atoms with Gasteiger partial charge in [0.25, 0.3) is 0 Å². The summed E-state index contributed by atoms with van der Waals surface area (Å²) in [6, 6.07) is 6.57. The molecule has 1 aromatic carbocycles. The summed E-state index contributed by atoms with van der Waals surface area (Å²) >= 11 is 0. The number of hydrogen-bond donors (Lipinski definition) is 2. The summed E-state index contributed by atoms with van der Waals surface area (Å²) in [7, 11) is 0. The number of hydrogen-bond acceptors (Lipinski definition) is 2.